The third kappa shape index (κ3) is 5.41. The Balaban J connectivity index is 1.82. The molecule has 0 aliphatic carbocycles. The Labute approximate surface area is 235 Å². The zero-order chi connectivity index (χ0) is 27.4. The van der Waals surface area contributed by atoms with Crippen LogP contribution in [-0.4, -0.2) is 42.7 Å². The van der Waals surface area contributed by atoms with E-state index in [1.807, 2.05) is 80.8 Å². The van der Waals surface area contributed by atoms with Crippen LogP contribution in [0.15, 0.2) is 109 Å². The Morgan fingerprint density at radius 3 is 2.33 bits per heavy atom. The fourth-order valence-corrected chi connectivity index (χ4v) is 5.72. The van der Waals surface area contributed by atoms with Crippen LogP contribution in [0.1, 0.15) is 29.0 Å². The number of aromatic nitrogens is 1. The second-order valence-electron chi connectivity index (χ2n) is 10.2. The van der Waals surface area contributed by atoms with Crippen molar-refractivity contribution in [2.24, 2.45) is 0 Å². The lowest BCUT2D eigenvalue weighted by Crippen LogP contribution is -2.38. The van der Waals surface area contributed by atoms with E-state index in [1.54, 1.807) is 13.3 Å². The highest BCUT2D eigenvalue weighted by Crippen LogP contribution is 2.49. The zero-order valence-corrected chi connectivity index (χ0v) is 23.3. The molecule has 2 unspecified atom stereocenters. The van der Waals surface area contributed by atoms with Gasteiger partial charge in [-0.15, -0.1) is 0 Å². The van der Waals surface area contributed by atoms with E-state index >= 15 is 0 Å². The summed E-state index contributed by atoms with van der Waals surface area (Å²) in [5, 5.41) is 15.8. The van der Waals surface area contributed by atoms with Crippen molar-refractivity contribution >= 4 is 22.4 Å². The standard InChI is InChI=1S/C34H33ClN2O2/c1-37(2)21-20-34(38,30-18-11-15-24-12-7-8-16-27(24)30)32(25-13-5-4-6-14-25)29-22-26(23-36-33(29)39-3)28-17-9-10-19-31(28)35/h4-19,22-23,32,38H,20-21H2,1-3H3. The molecule has 4 aromatic carbocycles. The van der Waals surface area contributed by atoms with E-state index in [0.717, 1.165) is 38.6 Å². The van der Waals surface area contributed by atoms with Gasteiger partial charge in [0.15, 0.2) is 0 Å². The van der Waals surface area contributed by atoms with Gasteiger partial charge in [0.25, 0.3) is 0 Å². The molecule has 0 aliphatic rings. The van der Waals surface area contributed by atoms with Gasteiger partial charge in [-0.3, -0.25) is 0 Å². The molecule has 0 bridgehead atoms. The highest BCUT2D eigenvalue weighted by atomic mass is 35.5. The lowest BCUT2D eigenvalue weighted by Gasteiger charge is -2.39. The molecule has 4 nitrogen and oxygen atoms in total. The first-order valence-electron chi connectivity index (χ1n) is 13.1. The molecule has 0 saturated heterocycles. The maximum absolute atomic E-state index is 13.1. The molecular formula is C34H33ClN2O2. The van der Waals surface area contributed by atoms with E-state index in [-0.39, 0.29) is 0 Å². The molecule has 0 aliphatic heterocycles. The van der Waals surface area contributed by atoms with E-state index in [1.165, 1.54) is 0 Å². The Morgan fingerprint density at radius 1 is 0.897 bits per heavy atom. The van der Waals surface area contributed by atoms with Gasteiger partial charge in [0.1, 0.15) is 5.60 Å². The number of halogens is 1. The molecular weight excluding hydrogens is 504 g/mol. The van der Waals surface area contributed by atoms with Crippen LogP contribution in [0.25, 0.3) is 21.9 Å². The zero-order valence-electron chi connectivity index (χ0n) is 22.5. The molecule has 0 fully saturated rings. The molecule has 1 heterocycles. The summed E-state index contributed by atoms with van der Waals surface area (Å²) in [6.45, 7) is 0.684. The molecule has 39 heavy (non-hydrogen) atoms. The van der Waals surface area contributed by atoms with Crippen molar-refractivity contribution in [3.63, 3.8) is 0 Å². The summed E-state index contributed by atoms with van der Waals surface area (Å²) in [6.07, 6.45) is 2.27. The maximum atomic E-state index is 13.1. The number of nitrogens with zero attached hydrogens (tertiary/aromatic N) is 2. The highest BCUT2D eigenvalue weighted by Gasteiger charge is 2.43. The lowest BCUT2D eigenvalue weighted by atomic mass is 9.70. The van der Waals surface area contributed by atoms with Crippen LogP contribution in [0.3, 0.4) is 0 Å². The minimum atomic E-state index is -1.29. The molecule has 0 radical (unpaired) electrons. The lowest BCUT2D eigenvalue weighted by molar-refractivity contribution is 0.00517. The van der Waals surface area contributed by atoms with Crippen LogP contribution < -0.4 is 4.74 Å². The SMILES string of the molecule is COc1ncc(-c2ccccc2Cl)cc1C(c1ccccc1)C(O)(CCN(C)C)c1cccc2ccccc12. The number of aliphatic hydroxyl groups is 1. The van der Waals surface area contributed by atoms with E-state index in [2.05, 4.69) is 41.3 Å². The van der Waals surface area contributed by atoms with Gasteiger partial charge in [-0.25, -0.2) is 4.98 Å². The molecule has 5 heteroatoms. The Hall–Kier alpha value is -3.70. The van der Waals surface area contributed by atoms with Crippen LogP contribution in [0.5, 0.6) is 5.88 Å². The Bertz CT molecular complexity index is 1570. The minimum absolute atomic E-state index is 0.475. The highest BCUT2D eigenvalue weighted by molar-refractivity contribution is 6.33. The average molecular weight is 537 g/mol. The van der Waals surface area contributed by atoms with E-state index < -0.39 is 11.5 Å². The van der Waals surface area contributed by atoms with E-state index in [4.69, 9.17) is 21.3 Å². The van der Waals surface area contributed by atoms with Crippen molar-refractivity contribution in [3.8, 4) is 17.0 Å². The average Bonchev–Trinajstić information content (AvgIpc) is 2.97. The molecule has 2 atom stereocenters. The number of hydrogen-bond acceptors (Lipinski definition) is 4. The molecule has 0 amide bonds. The monoisotopic (exact) mass is 536 g/mol. The van der Waals surface area contributed by atoms with Gasteiger partial charge >= 0.3 is 0 Å². The van der Waals surface area contributed by atoms with Crippen molar-refractivity contribution < 1.29 is 9.84 Å². The summed E-state index contributed by atoms with van der Waals surface area (Å²) < 4.78 is 5.85. The predicted octanol–water partition coefficient (Wildman–Crippen LogP) is 7.54. The van der Waals surface area contributed by atoms with Crippen LogP contribution in [-0.2, 0) is 5.60 Å². The molecule has 1 N–H and O–H groups in total. The third-order valence-corrected chi connectivity index (χ3v) is 7.70. The summed E-state index contributed by atoms with van der Waals surface area (Å²) in [5.74, 6) is -0.00230. The van der Waals surface area contributed by atoms with Gasteiger partial charge in [0.2, 0.25) is 5.88 Å². The van der Waals surface area contributed by atoms with E-state index in [0.29, 0.717) is 23.9 Å². The Morgan fingerprint density at radius 2 is 1.59 bits per heavy atom. The van der Waals surface area contributed by atoms with Crippen molar-refractivity contribution in [1.82, 2.24) is 9.88 Å². The molecule has 198 valence electrons. The minimum Gasteiger partial charge on any atom is -0.481 e. The molecule has 0 spiro atoms. The van der Waals surface area contributed by atoms with Gasteiger partial charge in [0, 0.05) is 40.4 Å². The molecule has 5 rings (SSSR count). The Kier molecular flexibility index (Phi) is 7.99. The first-order chi connectivity index (χ1) is 18.9. The molecule has 1 aromatic heterocycles. The van der Waals surface area contributed by atoms with Gasteiger partial charge in [-0.1, -0.05) is 103 Å². The van der Waals surface area contributed by atoms with Gasteiger partial charge in [-0.05, 0) is 54.5 Å². The normalized spacial score (nSPS) is 13.8. The largest absolute Gasteiger partial charge is 0.481 e. The van der Waals surface area contributed by atoms with Crippen LogP contribution >= 0.6 is 11.6 Å². The fraction of sp³-hybridized carbons (Fsp3) is 0.206. The summed E-state index contributed by atoms with van der Waals surface area (Å²) in [4.78, 5) is 6.83. The number of methoxy groups -OCH3 is 1. The van der Waals surface area contributed by atoms with Crippen LogP contribution in [0.4, 0.5) is 0 Å². The number of pyridine rings is 1. The third-order valence-electron chi connectivity index (χ3n) is 7.37. The fourth-order valence-electron chi connectivity index (χ4n) is 5.48. The van der Waals surface area contributed by atoms with Crippen LogP contribution in [0.2, 0.25) is 5.02 Å². The smallest absolute Gasteiger partial charge is 0.217 e. The number of hydrogen-bond donors (Lipinski definition) is 1. The van der Waals surface area contributed by atoms with Crippen molar-refractivity contribution in [3.05, 3.63) is 131 Å². The van der Waals surface area contributed by atoms with Gasteiger partial charge < -0.3 is 14.7 Å². The van der Waals surface area contributed by atoms with Crippen LogP contribution in [0, 0.1) is 0 Å². The predicted molar refractivity (Wildman–Crippen MR) is 161 cm³/mol. The van der Waals surface area contributed by atoms with Crippen molar-refractivity contribution in [2.45, 2.75) is 17.9 Å². The van der Waals surface area contributed by atoms with Crippen molar-refractivity contribution in [1.29, 1.82) is 0 Å². The summed E-state index contributed by atoms with van der Waals surface area (Å²) in [5.41, 5.74) is 3.11. The first kappa shape index (κ1) is 26.9. The second-order valence-corrected chi connectivity index (χ2v) is 10.6. The first-order valence-corrected chi connectivity index (χ1v) is 13.5. The maximum Gasteiger partial charge on any atom is 0.217 e. The van der Waals surface area contributed by atoms with Gasteiger partial charge in [-0.2, -0.15) is 0 Å². The van der Waals surface area contributed by atoms with Crippen molar-refractivity contribution in [2.75, 3.05) is 27.7 Å². The topological polar surface area (TPSA) is 45.6 Å². The quantitative estimate of drug-likeness (QED) is 0.211. The number of benzene rings is 4. The number of fused-ring (bicyclic) bond motifs is 1. The van der Waals surface area contributed by atoms with E-state index in [9.17, 15) is 5.11 Å². The number of rotatable bonds is 9. The summed E-state index contributed by atoms with van der Waals surface area (Å²) in [6, 6.07) is 34.3. The molecule has 5 aromatic rings. The number of ether oxygens (including phenoxy) is 1. The molecule has 0 saturated carbocycles. The summed E-state index contributed by atoms with van der Waals surface area (Å²) in [7, 11) is 5.68. The second kappa shape index (κ2) is 11.6. The van der Waals surface area contributed by atoms with Gasteiger partial charge in [0.05, 0.1) is 7.11 Å². The summed E-state index contributed by atoms with van der Waals surface area (Å²) >= 11 is 6.60.